The molecule has 2 aromatic carbocycles. The van der Waals surface area contributed by atoms with Crippen molar-refractivity contribution in [2.75, 3.05) is 0 Å². The summed E-state index contributed by atoms with van der Waals surface area (Å²) in [6.45, 7) is 0. The first-order valence-corrected chi connectivity index (χ1v) is 11.5. The van der Waals surface area contributed by atoms with Gasteiger partial charge in [0.2, 0.25) is 0 Å². The van der Waals surface area contributed by atoms with E-state index in [9.17, 15) is 23.2 Å². The van der Waals surface area contributed by atoms with E-state index in [2.05, 4.69) is 4.72 Å². The Morgan fingerprint density at radius 3 is 2.57 bits per heavy atom. The molecule has 0 amide bonds. The molecular formula is C20H16ClN2O5S2+. The van der Waals surface area contributed by atoms with E-state index in [4.69, 9.17) is 11.6 Å². The van der Waals surface area contributed by atoms with E-state index in [0.717, 1.165) is 21.8 Å². The van der Waals surface area contributed by atoms with Crippen LogP contribution in [-0.2, 0) is 14.8 Å². The van der Waals surface area contributed by atoms with Gasteiger partial charge in [0, 0.05) is 38.0 Å². The molecule has 0 spiro atoms. The third-order valence-corrected chi connectivity index (χ3v) is 8.43. The Balaban J connectivity index is 1.61. The smallest absolute Gasteiger partial charge is 0.325 e. The van der Waals surface area contributed by atoms with Gasteiger partial charge in [-0.15, -0.1) is 11.3 Å². The third kappa shape index (κ3) is 3.77. The van der Waals surface area contributed by atoms with Crippen molar-refractivity contribution in [1.29, 1.82) is 0 Å². The summed E-state index contributed by atoms with van der Waals surface area (Å²) in [6, 6.07) is 16.5. The predicted octanol–water partition coefficient (Wildman–Crippen LogP) is 2.84. The summed E-state index contributed by atoms with van der Waals surface area (Å²) < 4.78 is 28.3. The van der Waals surface area contributed by atoms with Crippen molar-refractivity contribution in [2.24, 2.45) is 0 Å². The fourth-order valence-corrected chi connectivity index (χ4v) is 6.24. The molecule has 1 heterocycles. The van der Waals surface area contributed by atoms with Gasteiger partial charge in [0.1, 0.15) is 9.75 Å². The fraction of sp³-hybridized carbons (Fsp3) is 0.150. The van der Waals surface area contributed by atoms with Crippen molar-refractivity contribution < 1.29 is 23.5 Å². The Hall–Kier alpha value is -2.59. The molecule has 3 N–H and O–H groups in total. The lowest BCUT2D eigenvalue weighted by molar-refractivity contribution is -0.379. The average molecular weight is 464 g/mol. The van der Waals surface area contributed by atoms with Crippen molar-refractivity contribution in [1.82, 2.24) is 4.72 Å². The van der Waals surface area contributed by atoms with Gasteiger partial charge in [-0.05, 0) is 41.8 Å². The molecule has 4 rings (SSSR count). The van der Waals surface area contributed by atoms with Gasteiger partial charge in [0.05, 0.1) is 0 Å². The van der Waals surface area contributed by atoms with Crippen molar-refractivity contribution in [3.05, 3.63) is 76.2 Å². The third-order valence-electron chi connectivity index (χ3n) is 5.04. The van der Waals surface area contributed by atoms with Crippen molar-refractivity contribution in [3.63, 3.8) is 0 Å². The number of rotatable bonds is 7. The summed E-state index contributed by atoms with van der Waals surface area (Å²) >= 11 is 6.93. The molecular weight excluding hydrogens is 448 g/mol. The summed E-state index contributed by atoms with van der Waals surface area (Å²) in [5, 5.41) is 12.1. The molecule has 2 atom stereocenters. The van der Waals surface area contributed by atoms with Gasteiger partial charge < -0.3 is 5.11 Å². The summed E-state index contributed by atoms with van der Waals surface area (Å²) in [4.78, 5) is 23.6. The van der Waals surface area contributed by atoms with Crippen LogP contribution in [0.1, 0.15) is 17.9 Å². The van der Waals surface area contributed by atoms with Gasteiger partial charge in [-0.2, -0.15) is 4.72 Å². The van der Waals surface area contributed by atoms with Crippen LogP contribution >= 0.6 is 22.9 Å². The highest BCUT2D eigenvalue weighted by atomic mass is 35.5. The second-order valence-corrected chi connectivity index (χ2v) is 10.4. The highest BCUT2D eigenvalue weighted by Gasteiger charge is 2.63. The first-order chi connectivity index (χ1) is 14.2. The van der Waals surface area contributed by atoms with Crippen LogP contribution in [0.15, 0.2) is 64.9 Å². The number of carboxylic acid groups (broad SMARTS) is 1. The van der Waals surface area contributed by atoms with Gasteiger partial charge in [-0.25, -0.2) is 8.42 Å². The zero-order valence-electron chi connectivity index (χ0n) is 15.3. The molecule has 154 valence electrons. The zero-order valence-corrected chi connectivity index (χ0v) is 17.7. The van der Waals surface area contributed by atoms with E-state index in [1.807, 2.05) is 0 Å². The molecule has 10 heteroatoms. The maximum Gasteiger partial charge on any atom is 0.325 e. The number of nitrogens with one attached hydrogen (secondary N) is 2. The molecule has 30 heavy (non-hydrogen) atoms. The van der Waals surface area contributed by atoms with Crippen molar-refractivity contribution in [3.8, 4) is 10.4 Å². The summed E-state index contributed by atoms with van der Waals surface area (Å²) in [5.41, 5.74) is 0.0246. The predicted molar refractivity (Wildman–Crippen MR) is 113 cm³/mol. The van der Waals surface area contributed by atoms with Crippen LogP contribution in [0.4, 0.5) is 5.69 Å². The second kappa shape index (κ2) is 7.59. The van der Waals surface area contributed by atoms with Crippen LogP contribution < -0.4 is 9.90 Å². The molecule has 7 nitrogen and oxygen atoms in total. The monoisotopic (exact) mass is 463 g/mol. The Labute approximate surface area is 181 Å². The molecule has 0 bridgehead atoms. The lowest BCUT2D eigenvalue weighted by Gasteiger charge is -2.14. The van der Waals surface area contributed by atoms with E-state index < -0.39 is 27.4 Å². The molecule has 0 unspecified atom stereocenters. The first kappa shape index (κ1) is 20.7. The Morgan fingerprint density at radius 2 is 1.90 bits per heavy atom. The van der Waals surface area contributed by atoms with Crippen molar-refractivity contribution >= 4 is 44.6 Å². The largest absolute Gasteiger partial charge is 0.480 e. The minimum absolute atomic E-state index is 0.0219. The van der Waals surface area contributed by atoms with Crippen LogP contribution in [0.2, 0.25) is 5.02 Å². The molecule has 1 aromatic heterocycles. The fourth-order valence-electron chi connectivity index (χ4n) is 3.40. The molecule has 3 aromatic rings. The van der Waals surface area contributed by atoms with E-state index in [-0.39, 0.29) is 16.3 Å². The normalized spacial score (nSPS) is 20.6. The minimum atomic E-state index is -4.07. The Morgan fingerprint density at radius 1 is 1.17 bits per heavy atom. The highest BCUT2D eigenvalue weighted by Crippen LogP contribution is 2.52. The zero-order chi connectivity index (χ0) is 21.5. The van der Waals surface area contributed by atoms with E-state index in [1.165, 1.54) is 12.1 Å². The van der Waals surface area contributed by atoms with Gasteiger partial charge in [-0.1, -0.05) is 35.9 Å². The molecule has 0 radical (unpaired) electrons. The van der Waals surface area contributed by atoms with Crippen LogP contribution in [0, 0.1) is 4.91 Å². The number of nitroso groups, excluding NO2 is 1. The van der Waals surface area contributed by atoms with E-state index in [0.29, 0.717) is 10.6 Å². The lowest BCUT2D eigenvalue weighted by Crippen LogP contribution is -2.55. The number of thiophene rings is 1. The summed E-state index contributed by atoms with van der Waals surface area (Å²) in [7, 11) is -4.07. The number of carbonyl (C=O) groups is 1. The molecule has 0 aliphatic heterocycles. The van der Waals surface area contributed by atoms with Crippen LogP contribution in [0.25, 0.3) is 10.4 Å². The van der Waals surface area contributed by atoms with Gasteiger partial charge in [-0.3, -0.25) is 4.79 Å². The SMILES string of the molecule is O=[NH+]c1cccc([C@H]2C[C@@]2(NS(=O)(=O)c2ccc(-c3ccc(Cl)cc3)s2)C(=O)O)c1. The number of sulfonamides is 1. The second-order valence-electron chi connectivity index (χ2n) is 6.99. The molecule has 1 aliphatic rings. The standard InChI is InChI=1S/C20H15ClN2O5S2/c21-14-6-4-12(5-7-14)17-8-9-18(29-17)30(27,28)23-20(19(24)25)11-16(20)13-2-1-3-15(10-13)22-26/h1-10,16,23H,11H2,(H,24,25)/p+1/t16-,20+/m1/s1. The van der Waals surface area contributed by atoms with Crippen LogP contribution in [-0.4, -0.2) is 25.0 Å². The summed E-state index contributed by atoms with van der Waals surface area (Å²) in [5.74, 6) is -1.83. The number of hydrogen-bond acceptors (Lipinski definition) is 5. The molecule has 0 saturated heterocycles. The number of benzene rings is 2. The van der Waals surface area contributed by atoms with Crippen molar-refractivity contribution in [2.45, 2.75) is 22.1 Å². The highest BCUT2D eigenvalue weighted by molar-refractivity contribution is 7.91. The topological polar surface area (TPSA) is 115 Å². The number of hydrogen-bond donors (Lipinski definition) is 3. The minimum Gasteiger partial charge on any atom is -0.480 e. The number of aliphatic carboxylic acids is 1. The lowest BCUT2D eigenvalue weighted by atomic mass is 10.1. The number of carboxylic acids is 1. The Kier molecular flexibility index (Phi) is 5.23. The van der Waals surface area contributed by atoms with Gasteiger partial charge >= 0.3 is 5.97 Å². The average Bonchev–Trinajstić information content (AvgIpc) is 3.22. The number of halogens is 1. The van der Waals surface area contributed by atoms with E-state index >= 15 is 0 Å². The maximum absolute atomic E-state index is 12.9. The summed E-state index contributed by atoms with van der Waals surface area (Å²) in [6.07, 6.45) is 0.0965. The van der Waals surface area contributed by atoms with Crippen LogP contribution in [0.3, 0.4) is 0 Å². The Bertz CT molecular complexity index is 1240. The quantitative estimate of drug-likeness (QED) is 0.498. The van der Waals surface area contributed by atoms with Gasteiger partial charge in [0.15, 0.2) is 0 Å². The van der Waals surface area contributed by atoms with Crippen LogP contribution in [0.5, 0.6) is 0 Å². The molecule has 1 saturated carbocycles. The van der Waals surface area contributed by atoms with E-state index in [1.54, 1.807) is 53.7 Å². The maximum atomic E-state index is 12.9. The first-order valence-electron chi connectivity index (χ1n) is 8.86. The molecule has 1 aliphatic carbocycles. The van der Waals surface area contributed by atoms with Gasteiger partial charge in [0.25, 0.3) is 15.7 Å². The molecule has 1 fully saturated rings.